The van der Waals surface area contributed by atoms with E-state index in [1.165, 1.54) is 0 Å². The maximum absolute atomic E-state index is 12.0. The Balaban J connectivity index is 2.53. The molecule has 4 nitrogen and oxygen atoms in total. The smallest absolute Gasteiger partial charge is 0.239 e. The van der Waals surface area contributed by atoms with Crippen LogP contribution in [0.4, 0.5) is 11.4 Å². The minimum atomic E-state index is -1.13. The molecule has 0 spiro atoms. The molecule has 0 radical (unpaired) electrons. The molecule has 2 atom stereocenters. The molecule has 0 aromatic heterocycles. The van der Waals surface area contributed by atoms with E-state index in [0.29, 0.717) is 17.1 Å². The molecule has 1 amide bonds. The van der Waals surface area contributed by atoms with Gasteiger partial charge in [-0.15, -0.1) is 0 Å². The van der Waals surface area contributed by atoms with Crippen LogP contribution < -0.4 is 11.1 Å². The van der Waals surface area contributed by atoms with E-state index >= 15 is 0 Å². The Morgan fingerprint density at radius 2 is 2.05 bits per heavy atom. The van der Waals surface area contributed by atoms with Crippen LogP contribution in [0.5, 0.6) is 0 Å². The topological polar surface area (TPSA) is 72.2 Å². The molecular weight excluding hydrogens is 260 g/mol. The predicted octanol–water partition coefficient (Wildman–Crippen LogP) is 2.53. The number of hydrogen-bond acceptors (Lipinski definition) is 3. The zero-order chi connectivity index (χ0) is 14.3. The van der Waals surface area contributed by atoms with Gasteiger partial charge in [0, 0.05) is 16.6 Å². The number of benzene rings is 1. The third-order valence-electron chi connectivity index (χ3n) is 2.93. The highest BCUT2D eigenvalue weighted by atomic mass is 32.2. The molecule has 0 aliphatic heterocycles. The van der Waals surface area contributed by atoms with Gasteiger partial charge >= 0.3 is 0 Å². The summed E-state index contributed by atoms with van der Waals surface area (Å²) in [6.07, 6.45) is 3.03. The maximum Gasteiger partial charge on any atom is 0.239 e. The van der Waals surface area contributed by atoms with Crippen molar-refractivity contribution in [1.82, 2.24) is 0 Å². The Kier molecular flexibility index (Phi) is 6.56. The van der Waals surface area contributed by atoms with E-state index in [1.807, 2.05) is 0 Å². The van der Waals surface area contributed by atoms with Gasteiger partial charge in [0.15, 0.2) is 0 Å². The number of nitrogens with two attached hydrogens (primary N) is 1. The van der Waals surface area contributed by atoms with Gasteiger partial charge in [-0.1, -0.05) is 31.9 Å². The van der Waals surface area contributed by atoms with Crippen molar-refractivity contribution in [1.29, 1.82) is 0 Å². The second kappa shape index (κ2) is 7.94. The van der Waals surface area contributed by atoms with Crippen LogP contribution in [0.1, 0.15) is 33.1 Å². The number of nitrogens with one attached hydrogen (secondary N) is 1. The molecule has 0 aliphatic carbocycles. The maximum atomic E-state index is 12.0. The number of hydrogen-bond donors (Lipinski definition) is 2. The third kappa shape index (κ3) is 5.03. The predicted molar refractivity (Wildman–Crippen MR) is 81.5 cm³/mol. The average Bonchev–Trinajstić information content (AvgIpc) is 2.40. The Bertz CT molecular complexity index is 449. The van der Waals surface area contributed by atoms with Crippen LogP contribution in [-0.4, -0.2) is 21.1 Å². The summed E-state index contributed by atoms with van der Waals surface area (Å²) < 4.78 is 12.0. The zero-order valence-corrected chi connectivity index (χ0v) is 12.3. The molecular formula is C14H22N2O2S. The molecule has 0 bridgehead atoms. The summed E-state index contributed by atoms with van der Waals surface area (Å²) in [6.45, 7) is 3.79. The number of nitrogen functional groups attached to an aromatic ring is 1. The SMILES string of the molecule is CCCCCS(=O)C(C)C(=O)Nc1ccccc1N. The first-order chi connectivity index (χ1) is 9.06. The molecule has 1 rings (SSSR count). The van der Waals surface area contributed by atoms with Gasteiger partial charge in [0.1, 0.15) is 5.25 Å². The van der Waals surface area contributed by atoms with Crippen molar-refractivity contribution >= 4 is 28.1 Å². The standard InChI is InChI=1S/C14H22N2O2S/c1-3-4-7-10-19(18)11(2)14(17)16-13-9-6-5-8-12(13)15/h5-6,8-9,11H,3-4,7,10,15H2,1-2H3,(H,16,17). The molecule has 106 valence electrons. The fourth-order valence-corrected chi connectivity index (χ4v) is 2.78. The molecule has 5 heteroatoms. The molecule has 2 unspecified atom stereocenters. The fraction of sp³-hybridized carbons (Fsp3) is 0.500. The second-order valence-corrected chi connectivity index (χ2v) is 6.39. The van der Waals surface area contributed by atoms with Gasteiger partial charge in [0.2, 0.25) is 5.91 Å². The van der Waals surface area contributed by atoms with Crippen LogP contribution in [0.15, 0.2) is 24.3 Å². The molecule has 0 aliphatic rings. The normalized spacial score (nSPS) is 13.8. The number of para-hydroxylation sites is 2. The van der Waals surface area contributed by atoms with Crippen LogP contribution >= 0.6 is 0 Å². The summed E-state index contributed by atoms with van der Waals surface area (Å²) in [7, 11) is -1.13. The summed E-state index contributed by atoms with van der Waals surface area (Å²) >= 11 is 0. The van der Waals surface area contributed by atoms with Crippen molar-refractivity contribution in [3.63, 3.8) is 0 Å². The Hall–Kier alpha value is -1.36. The van der Waals surface area contributed by atoms with Crippen LogP contribution in [-0.2, 0) is 15.6 Å². The summed E-state index contributed by atoms with van der Waals surface area (Å²) in [4.78, 5) is 12.0. The first-order valence-corrected chi connectivity index (χ1v) is 7.97. The van der Waals surface area contributed by atoms with E-state index in [-0.39, 0.29) is 5.91 Å². The summed E-state index contributed by atoms with van der Waals surface area (Å²) in [5, 5.41) is 2.21. The molecule has 0 saturated carbocycles. The quantitative estimate of drug-likeness (QED) is 0.596. The van der Waals surface area contributed by atoms with E-state index < -0.39 is 16.0 Å². The molecule has 0 heterocycles. The number of anilines is 2. The van der Waals surface area contributed by atoms with Crippen LogP contribution in [0, 0.1) is 0 Å². The first-order valence-electron chi connectivity index (χ1n) is 6.58. The largest absolute Gasteiger partial charge is 0.397 e. The Morgan fingerprint density at radius 1 is 1.37 bits per heavy atom. The number of carbonyl (C=O) groups is 1. The van der Waals surface area contributed by atoms with E-state index in [2.05, 4.69) is 12.2 Å². The third-order valence-corrected chi connectivity index (χ3v) is 4.63. The molecule has 1 aromatic rings. The molecule has 19 heavy (non-hydrogen) atoms. The fourth-order valence-electron chi connectivity index (χ4n) is 1.64. The van der Waals surface area contributed by atoms with Gasteiger partial charge in [-0.3, -0.25) is 9.00 Å². The monoisotopic (exact) mass is 282 g/mol. The molecule has 1 aromatic carbocycles. The van der Waals surface area contributed by atoms with Gasteiger partial charge in [-0.2, -0.15) is 0 Å². The van der Waals surface area contributed by atoms with Gasteiger partial charge < -0.3 is 11.1 Å². The van der Waals surface area contributed by atoms with Crippen LogP contribution in [0.3, 0.4) is 0 Å². The van der Waals surface area contributed by atoms with E-state index in [9.17, 15) is 9.00 Å². The van der Waals surface area contributed by atoms with E-state index in [0.717, 1.165) is 19.3 Å². The first kappa shape index (κ1) is 15.7. The second-order valence-electron chi connectivity index (χ2n) is 4.51. The van der Waals surface area contributed by atoms with Gasteiger partial charge in [-0.25, -0.2) is 0 Å². The van der Waals surface area contributed by atoms with Crippen molar-refractivity contribution in [2.75, 3.05) is 16.8 Å². The Labute approximate surface area is 117 Å². The highest BCUT2D eigenvalue weighted by molar-refractivity contribution is 7.86. The number of amides is 1. The Morgan fingerprint density at radius 3 is 2.68 bits per heavy atom. The number of unbranched alkanes of at least 4 members (excludes halogenated alkanes) is 2. The lowest BCUT2D eigenvalue weighted by molar-refractivity contribution is -0.115. The highest BCUT2D eigenvalue weighted by Gasteiger charge is 2.20. The summed E-state index contributed by atoms with van der Waals surface area (Å²) in [5.74, 6) is 0.333. The summed E-state index contributed by atoms with van der Waals surface area (Å²) in [6, 6.07) is 7.06. The van der Waals surface area contributed by atoms with Gasteiger partial charge in [0.25, 0.3) is 0 Å². The lowest BCUT2D eigenvalue weighted by Crippen LogP contribution is -2.30. The zero-order valence-electron chi connectivity index (χ0n) is 11.5. The highest BCUT2D eigenvalue weighted by Crippen LogP contribution is 2.17. The van der Waals surface area contributed by atoms with Crippen LogP contribution in [0.25, 0.3) is 0 Å². The molecule has 0 fully saturated rings. The van der Waals surface area contributed by atoms with Gasteiger partial charge in [0.05, 0.1) is 11.4 Å². The van der Waals surface area contributed by atoms with Crippen molar-refractivity contribution in [3.05, 3.63) is 24.3 Å². The lowest BCUT2D eigenvalue weighted by Gasteiger charge is -2.13. The minimum absolute atomic E-state index is 0.243. The van der Waals surface area contributed by atoms with Crippen molar-refractivity contribution in [2.45, 2.75) is 38.4 Å². The minimum Gasteiger partial charge on any atom is -0.397 e. The van der Waals surface area contributed by atoms with E-state index in [1.54, 1.807) is 31.2 Å². The van der Waals surface area contributed by atoms with Crippen molar-refractivity contribution in [2.24, 2.45) is 0 Å². The van der Waals surface area contributed by atoms with Crippen LogP contribution in [0.2, 0.25) is 0 Å². The number of rotatable bonds is 7. The van der Waals surface area contributed by atoms with E-state index in [4.69, 9.17) is 5.73 Å². The lowest BCUT2D eigenvalue weighted by atomic mass is 10.2. The average molecular weight is 282 g/mol. The van der Waals surface area contributed by atoms with Crippen molar-refractivity contribution < 1.29 is 9.00 Å². The van der Waals surface area contributed by atoms with Gasteiger partial charge in [-0.05, 0) is 25.5 Å². The number of carbonyl (C=O) groups excluding carboxylic acids is 1. The molecule has 3 N–H and O–H groups in total. The molecule has 0 saturated heterocycles. The van der Waals surface area contributed by atoms with Crippen molar-refractivity contribution in [3.8, 4) is 0 Å². The summed E-state index contributed by atoms with van der Waals surface area (Å²) in [5.41, 5.74) is 6.84.